The lowest BCUT2D eigenvalue weighted by atomic mass is 10.1. The van der Waals surface area contributed by atoms with E-state index in [9.17, 15) is 9.59 Å². The van der Waals surface area contributed by atoms with Gasteiger partial charge in [-0.3, -0.25) is 14.0 Å². The third-order valence-corrected chi connectivity index (χ3v) is 4.59. The lowest BCUT2D eigenvalue weighted by Crippen LogP contribution is -2.36. The molecule has 27 heavy (non-hydrogen) atoms. The molecule has 0 radical (unpaired) electrons. The lowest BCUT2D eigenvalue weighted by Gasteiger charge is -2.04. The average Bonchev–Trinajstić information content (AvgIpc) is 3.41. The maximum absolute atomic E-state index is 12.1. The molecule has 2 N–H and O–H groups in total. The van der Waals surface area contributed by atoms with Crippen LogP contribution in [0.1, 0.15) is 16.2 Å². The van der Waals surface area contributed by atoms with Crippen LogP contribution in [0.2, 0.25) is 0 Å². The Morgan fingerprint density at radius 3 is 2.85 bits per heavy atom. The van der Waals surface area contributed by atoms with Crippen LogP contribution in [0.15, 0.2) is 58.7 Å². The summed E-state index contributed by atoms with van der Waals surface area (Å²) in [5.74, 6) is -0.296. The minimum atomic E-state index is -0.474. The van der Waals surface area contributed by atoms with Gasteiger partial charge in [-0.1, -0.05) is 35.5 Å². The summed E-state index contributed by atoms with van der Waals surface area (Å²) in [5, 5.41) is 10.9. The van der Waals surface area contributed by atoms with Gasteiger partial charge in [-0.05, 0) is 0 Å². The van der Waals surface area contributed by atoms with Crippen molar-refractivity contribution in [1.82, 2.24) is 25.2 Å². The summed E-state index contributed by atoms with van der Waals surface area (Å²) in [6.45, 7) is 0.139. The Labute approximate surface area is 157 Å². The fraction of sp³-hybridized carbons (Fsp3) is 0.111. The highest BCUT2D eigenvalue weighted by molar-refractivity contribution is 7.15. The molecule has 9 heteroatoms. The molecule has 8 nitrogen and oxygen atoms in total. The number of amides is 2. The van der Waals surface area contributed by atoms with Gasteiger partial charge in [0.1, 0.15) is 0 Å². The Kier molecular flexibility index (Phi) is 4.67. The molecule has 1 aromatic carbocycles. The molecule has 0 aliphatic heterocycles. The molecule has 2 amide bonds. The first-order valence-electron chi connectivity index (χ1n) is 8.17. The predicted molar refractivity (Wildman–Crippen MR) is 99.2 cm³/mol. The fourth-order valence-corrected chi connectivity index (χ4v) is 3.20. The predicted octanol–water partition coefficient (Wildman–Crippen LogP) is 2.10. The molecular weight excluding hydrogens is 366 g/mol. The van der Waals surface area contributed by atoms with Crippen LogP contribution in [-0.4, -0.2) is 32.9 Å². The van der Waals surface area contributed by atoms with E-state index in [1.165, 1.54) is 11.3 Å². The van der Waals surface area contributed by atoms with Crippen LogP contribution < -0.4 is 10.6 Å². The van der Waals surface area contributed by atoms with Crippen LogP contribution >= 0.6 is 11.3 Å². The maximum atomic E-state index is 12.1. The number of nitrogens with zero attached hydrogens (tertiary/aromatic N) is 3. The van der Waals surface area contributed by atoms with Crippen molar-refractivity contribution in [2.24, 2.45) is 0 Å². The highest BCUT2D eigenvalue weighted by Gasteiger charge is 2.14. The smallest absolute Gasteiger partial charge is 0.273 e. The molecule has 3 aromatic heterocycles. The molecule has 0 unspecified atom stereocenters. The van der Waals surface area contributed by atoms with Gasteiger partial charge in [-0.25, -0.2) is 4.98 Å². The number of nitrogens with one attached hydrogen (secondary N) is 2. The number of hydrogen-bond acceptors (Lipinski definition) is 6. The van der Waals surface area contributed by atoms with Crippen molar-refractivity contribution >= 4 is 28.1 Å². The van der Waals surface area contributed by atoms with Crippen LogP contribution in [0.25, 0.3) is 16.3 Å². The second-order valence-electron chi connectivity index (χ2n) is 5.73. The van der Waals surface area contributed by atoms with Crippen molar-refractivity contribution < 1.29 is 14.1 Å². The molecule has 0 fully saturated rings. The molecule has 0 aliphatic carbocycles. The second kappa shape index (κ2) is 7.42. The first-order chi connectivity index (χ1) is 13.2. The number of carbonyl (C=O) groups excluding carboxylic acids is 2. The number of fused-ring (bicyclic) bond motifs is 1. The Bertz CT molecular complexity index is 1050. The number of imidazole rings is 1. The second-order valence-corrected chi connectivity index (χ2v) is 6.60. The third-order valence-electron chi connectivity index (χ3n) is 3.82. The van der Waals surface area contributed by atoms with E-state index in [1.54, 1.807) is 6.07 Å². The van der Waals surface area contributed by atoms with Gasteiger partial charge < -0.3 is 15.2 Å². The zero-order valence-electron chi connectivity index (χ0n) is 14.1. The van der Waals surface area contributed by atoms with Gasteiger partial charge in [0.15, 0.2) is 16.4 Å². The zero-order chi connectivity index (χ0) is 18.6. The number of benzene rings is 1. The largest absolute Gasteiger partial charge is 0.355 e. The molecule has 0 saturated heterocycles. The zero-order valence-corrected chi connectivity index (χ0v) is 14.9. The van der Waals surface area contributed by atoms with E-state index in [0.29, 0.717) is 12.3 Å². The van der Waals surface area contributed by atoms with Crippen molar-refractivity contribution in [2.45, 2.75) is 6.54 Å². The molecule has 3 heterocycles. The Balaban J connectivity index is 1.28. The van der Waals surface area contributed by atoms with Crippen molar-refractivity contribution in [3.63, 3.8) is 0 Å². The summed E-state index contributed by atoms with van der Waals surface area (Å²) >= 11 is 1.52. The molecule has 0 saturated carbocycles. The van der Waals surface area contributed by atoms with Crippen molar-refractivity contribution in [3.8, 4) is 11.3 Å². The van der Waals surface area contributed by atoms with Crippen LogP contribution in [0.4, 0.5) is 0 Å². The van der Waals surface area contributed by atoms with Gasteiger partial charge in [0, 0.05) is 29.4 Å². The van der Waals surface area contributed by atoms with Crippen LogP contribution in [-0.2, 0) is 11.3 Å². The van der Waals surface area contributed by atoms with Crippen molar-refractivity contribution in [1.29, 1.82) is 0 Å². The highest BCUT2D eigenvalue weighted by Crippen LogP contribution is 2.19. The fourth-order valence-electron chi connectivity index (χ4n) is 2.48. The number of rotatable bonds is 6. The first-order valence-corrected chi connectivity index (χ1v) is 9.05. The monoisotopic (exact) mass is 381 g/mol. The molecule has 4 rings (SSSR count). The molecule has 0 atom stereocenters. The van der Waals surface area contributed by atoms with E-state index in [2.05, 4.69) is 20.8 Å². The van der Waals surface area contributed by atoms with Crippen molar-refractivity contribution in [3.05, 3.63) is 65.6 Å². The molecular formula is C18H15N5O3S. The van der Waals surface area contributed by atoms with E-state index >= 15 is 0 Å². The number of aromatic nitrogens is 3. The SMILES string of the molecule is O=C(CNC(=O)c1cc(-c2ccccc2)on1)NCc1cn2ccsc2n1. The Hall–Kier alpha value is -3.46. The van der Waals surface area contributed by atoms with Gasteiger partial charge in [-0.2, -0.15) is 0 Å². The van der Waals surface area contributed by atoms with Gasteiger partial charge in [0.05, 0.1) is 18.8 Å². The summed E-state index contributed by atoms with van der Waals surface area (Å²) in [4.78, 5) is 29.3. The quantitative estimate of drug-likeness (QED) is 0.533. The van der Waals surface area contributed by atoms with Gasteiger partial charge in [0.25, 0.3) is 5.91 Å². The van der Waals surface area contributed by atoms with Crippen molar-refractivity contribution in [2.75, 3.05) is 6.54 Å². The Morgan fingerprint density at radius 1 is 1.19 bits per heavy atom. The van der Waals surface area contributed by atoms with Crippen LogP contribution in [0, 0.1) is 0 Å². The summed E-state index contributed by atoms with van der Waals surface area (Å²) in [6, 6.07) is 10.9. The summed E-state index contributed by atoms with van der Waals surface area (Å²) in [5.41, 5.74) is 1.70. The first kappa shape index (κ1) is 17.0. The Morgan fingerprint density at radius 2 is 2.04 bits per heavy atom. The molecule has 0 aliphatic rings. The summed E-state index contributed by atoms with van der Waals surface area (Å²) in [7, 11) is 0. The molecule has 0 bridgehead atoms. The number of carbonyl (C=O) groups is 2. The average molecular weight is 381 g/mol. The van der Waals surface area contributed by atoms with Gasteiger partial charge in [-0.15, -0.1) is 11.3 Å². The lowest BCUT2D eigenvalue weighted by molar-refractivity contribution is -0.120. The normalized spacial score (nSPS) is 10.8. The highest BCUT2D eigenvalue weighted by atomic mass is 32.1. The van der Waals surface area contributed by atoms with E-state index in [4.69, 9.17) is 4.52 Å². The molecule has 0 spiro atoms. The third kappa shape index (κ3) is 3.87. The van der Waals surface area contributed by atoms with E-state index < -0.39 is 5.91 Å². The van der Waals surface area contributed by atoms with E-state index in [-0.39, 0.29) is 18.1 Å². The van der Waals surface area contributed by atoms with E-state index in [0.717, 1.165) is 16.2 Å². The maximum Gasteiger partial charge on any atom is 0.273 e. The summed E-state index contributed by atoms with van der Waals surface area (Å²) in [6.07, 6.45) is 3.76. The van der Waals surface area contributed by atoms with Gasteiger partial charge in [0.2, 0.25) is 5.91 Å². The van der Waals surface area contributed by atoms with Crippen LogP contribution in [0.5, 0.6) is 0 Å². The van der Waals surface area contributed by atoms with E-state index in [1.807, 2.05) is 52.5 Å². The van der Waals surface area contributed by atoms with Crippen LogP contribution in [0.3, 0.4) is 0 Å². The topological polar surface area (TPSA) is 102 Å². The standard InChI is InChI=1S/C18H15N5O3S/c24-16(19-9-13-11-23-6-7-27-18(23)21-13)10-20-17(25)14-8-15(26-22-14)12-4-2-1-3-5-12/h1-8,11H,9-10H2,(H,19,24)(H,20,25). The number of thiazole rings is 1. The molecule has 4 aromatic rings. The van der Waals surface area contributed by atoms with Gasteiger partial charge >= 0.3 is 0 Å². The summed E-state index contributed by atoms with van der Waals surface area (Å²) < 4.78 is 7.08. The minimum absolute atomic E-state index is 0.121. The molecule has 136 valence electrons. The minimum Gasteiger partial charge on any atom is -0.355 e. The number of hydrogen-bond donors (Lipinski definition) is 2.